The van der Waals surface area contributed by atoms with E-state index in [4.69, 9.17) is 4.18 Å². The lowest BCUT2D eigenvalue weighted by molar-refractivity contribution is 0.182. The van der Waals surface area contributed by atoms with Crippen LogP contribution in [0.4, 0.5) is 0 Å². The molecule has 0 heterocycles. The SMILES string of the molecule is Cc1ccc(S(=O)(=O)O[C@H]2C[C@@H]3C=C[C@H]2C3)cc1. The van der Waals surface area contributed by atoms with E-state index < -0.39 is 10.1 Å². The van der Waals surface area contributed by atoms with Crippen LogP contribution in [-0.4, -0.2) is 14.5 Å². The molecule has 3 nitrogen and oxygen atoms in total. The molecular weight excluding hydrogens is 248 g/mol. The van der Waals surface area contributed by atoms with Gasteiger partial charge in [0.05, 0.1) is 11.0 Å². The molecule has 0 aliphatic heterocycles. The van der Waals surface area contributed by atoms with E-state index in [2.05, 4.69) is 12.2 Å². The van der Waals surface area contributed by atoms with Crippen molar-refractivity contribution in [3.8, 4) is 0 Å². The van der Waals surface area contributed by atoms with Crippen molar-refractivity contribution in [1.82, 2.24) is 0 Å². The maximum Gasteiger partial charge on any atom is 0.297 e. The molecule has 0 aromatic heterocycles. The fourth-order valence-corrected chi connectivity index (χ4v) is 3.89. The van der Waals surface area contributed by atoms with Crippen LogP contribution in [0.5, 0.6) is 0 Å². The molecule has 0 N–H and O–H groups in total. The molecule has 4 heteroatoms. The summed E-state index contributed by atoms with van der Waals surface area (Å²) >= 11 is 0. The van der Waals surface area contributed by atoms with Gasteiger partial charge in [0.15, 0.2) is 0 Å². The topological polar surface area (TPSA) is 43.4 Å². The highest BCUT2D eigenvalue weighted by Crippen LogP contribution is 2.41. The predicted octanol–water partition coefficient (Wildman–Crippen LogP) is 2.66. The molecule has 3 rings (SSSR count). The molecule has 2 aliphatic rings. The highest BCUT2D eigenvalue weighted by molar-refractivity contribution is 7.86. The zero-order valence-corrected chi connectivity index (χ0v) is 11.1. The van der Waals surface area contributed by atoms with E-state index in [0.717, 1.165) is 18.4 Å². The molecule has 0 spiro atoms. The zero-order valence-electron chi connectivity index (χ0n) is 10.2. The van der Waals surface area contributed by atoms with Crippen LogP contribution in [0, 0.1) is 18.8 Å². The Balaban J connectivity index is 1.79. The number of benzene rings is 1. The van der Waals surface area contributed by atoms with Gasteiger partial charge in [0, 0.05) is 5.92 Å². The van der Waals surface area contributed by atoms with Crippen LogP contribution < -0.4 is 0 Å². The Bertz CT molecular complexity index is 572. The van der Waals surface area contributed by atoms with Crippen molar-refractivity contribution in [1.29, 1.82) is 0 Å². The smallest absolute Gasteiger partial charge is 0.262 e. The minimum Gasteiger partial charge on any atom is -0.262 e. The Morgan fingerprint density at radius 1 is 1.11 bits per heavy atom. The second kappa shape index (κ2) is 4.21. The summed E-state index contributed by atoms with van der Waals surface area (Å²) in [5.74, 6) is 0.781. The third kappa shape index (κ3) is 2.10. The molecular formula is C14H16O3S. The summed E-state index contributed by atoms with van der Waals surface area (Å²) in [5, 5.41) is 0. The normalized spacial score (nSPS) is 29.9. The van der Waals surface area contributed by atoms with Crippen LogP contribution in [0.25, 0.3) is 0 Å². The number of hydrogen-bond donors (Lipinski definition) is 0. The van der Waals surface area contributed by atoms with E-state index in [1.165, 1.54) is 0 Å². The second-order valence-electron chi connectivity index (χ2n) is 5.18. The van der Waals surface area contributed by atoms with Gasteiger partial charge in [0.2, 0.25) is 0 Å². The maximum absolute atomic E-state index is 12.1. The third-order valence-corrected chi connectivity index (χ3v) is 5.13. The quantitative estimate of drug-likeness (QED) is 0.622. The summed E-state index contributed by atoms with van der Waals surface area (Å²) in [5.41, 5.74) is 1.04. The average molecular weight is 264 g/mol. The molecule has 0 saturated heterocycles. The van der Waals surface area contributed by atoms with Crippen LogP contribution in [0.1, 0.15) is 18.4 Å². The van der Waals surface area contributed by atoms with Crippen LogP contribution in [0.2, 0.25) is 0 Å². The Morgan fingerprint density at radius 2 is 1.83 bits per heavy atom. The van der Waals surface area contributed by atoms with Crippen molar-refractivity contribution in [2.45, 2.75) is 30.8 Å². The van der Waals surface area contributed by atoms with Crippen LogP contribution in [-0.2, 0) is 14.3 Å². The van der Waals surface area contributed by atoms with Crippen molar-refractivity contribution in [2.75, 3.05) is 0 Å². The van der Waals surface area contributed by atoms with Crippen molar-refractivity contribution in [3.63, 3.8) is 0 Å². The van der Waals surface area contributed by atoms with Crippen molar-refractivity contribution in [2.24, 2.45) is 11.8 Å². The first-order valence-electron chi connectivity index (χ1n) is 6.23. The molecule has 3 atom stereocenters. The van der Waals surface area contributed by atoms with E-state index in [-0.39, 0.29) is 16.9 Å². The zero-order chi connectivity index (χ0) is 12.8. The molecule has 1 aromatic rings. The van der Waals surface area contributed by atoms with Crippen molar-refractivity contribution < 1.29 is 12.6 Å². The van der Waals surface area contributed by atoms with E-state index in [9.17, 15) is 8.42 Å². The van der Waals surface area contributed by atoms with Gasteiger partial charge in [-0.05, 0) is 37.8 Å². The van der Waals surface area contributed by atoms with Crippen molar-refractivity contribution in [3.05, 3.63) is 42.0 Å². The van der Waals surface area contributed by atoms with Gasteiger partial charge in [-0.15, -0.1) is 0 Å². The lowest BCUT2D eigenvalue weighted by Crippen LogP contribution is -2.22. The van der Waals surface area contributed by atoms with Crippen LogP contribution >= 0.6 is 0 Å². The Morgan fingerprint density at radius 3 is 2.39 bits per heavy atom. The standard InChI is InChI=1S/C14H16O3S/c1-10-2-6-13(7-3-10)18(15,16)17-14-9-11-4-5-12(14)8-11/h2-7,11-12,14H,8-9H2,1H3/t11-,12+,14+/m1/s1. The molecule has 0 radical (unpaired) electrons. The third-order valence-electron chi connectivity index (χ3n) is 3.78. The van der Waals surface area contributed by atoms with Gasteiger partial charge in [-0.1, -0.05) is 29.8 Å². The number of hydrogen-bond acceptors (Lipinski definition) is 3. The fourth-order valence-electron chi connectivity index (χ4n) is 2.76. The van der Waals surface area contributed by atoms with E-state index in [0.29, 0.717) is 5.92 Å². The number of rotatable bonds is 3. The Hall–Kier alpha value is -1.13. The predicted molar refractivity (Wildman–Crippen MR) is 68.6 cm³/mol. The molecule has 1 aromatic carbocycles. The monoisotopic (exact) mass is 264 g/mol. The Kier molecular flexibility index (Phi) is 2.79. The minimum atomic E-state index is -3.62. The largest absolute Gasteiger partial charge is 0.297 e. The molecule has 1 fully saturated rings. The first kappa shape index (κ1) is 11.9. The summed E-state index contributed by atoms with van der Waals surface area (Å²) in [6.07, 6.45) is 5.94. The van der Waals surface area contributed by atoms with Gasteiger partial charge in [-0.2, -0.15) is 8.42 Å². The number of fused-ring (bicyclic) bond motifs is 2. The molecule has 18 heavy (non-hydrogen) atoms. The first-order valence-corrected chi connectivity index (χ1v) is 7.64. The molecule has 0 unspecified atom stereocenters. The summed E-state index contributed by atoms with van der Waals surface area (Å²) in [4.78, 5) is 0.250. The van der Waals surface area contributed by atoms with Gasteiger partial charge in [-0.25, -0.2) is 0 Å². The average Bonchev–Trinajstić information content (AvgIpc) is 2.91. The fraction of sp³-hybridized carbons (Fsp3) is 0.429. The molecule has 0 amide bonds. The van der Waals surface area contributed by atoms with E-state index in [1.54, 1.807) is 24.3 Å². The number of aryl methyl sites for hydroxylation is 1. The van der Waals surface area contributed by atoms with Gasteiger partial charge >= 0.3 is 0 Å². The van der Waals surface area contributed by atoms with Gasteiger partial charge in [-0.3, -0.25) is 4.18 Å². The highest BCUT2D eigenvalue weighted by Gasteiger charge is 2.39. The summed E-state index contributed by atoms with van der Waals surface area (Å²) in [6, 6.07) is 6.79. The first-order chi connectivity index (χ1) is 8.54. The van der Waals surface area contributed by atoms with Crippen molar-refractivity contribution >= 4 is 10.1 Å². The van der Waals surface area contributed by atoms with Gasteiger partial charge < -0.3 is 0 Å². The minimum absolute atomic E-state index is 0.175. The summed E-state index contributed by atoms with van der Waals surface area (Å²) in [7, 11) is -3.62. The lowest BCUT2D eigenvalue weighted by atomic mass is 10.1. The Labute approximate surface area is 108 Å². The second-order valence-corrected chi connectivity index (χ2v) is 6.75. The molecule has 2 bridgehead atoms. The summed E-state index contributed by atoms with van der Waals surface area (Å²) < 4.78 is 29.6. The van der Waals surface area contributed by atoms with Crippen LogP contribution in [0.3, 0.4) is 0 Å². The molecule has 1 saturated carbocycles. The van der Waals surface area contributed by atoms with Gasteiger partial charge in [0.25, 0.3) is 10.1 Å². The van der Waals surface area contributed by atoms with Crippen LogP contribution in [0.15, 0.2) is 41.3 Å². The molecule has 96 valence electrons. The number of allylic oxidation sites excluding steroid dienone is 1. The van der Waals surface area contributed by atoms with E-state index >= 15 is 0 Å². The van der Waals surface area contributed by atoms with E-state index in [1.807, 2.05) is 6.92 Å². The highest BCUT2D eigenvalue weighted by atomic mass is 32.2. The maximum atomic E-state index is 12.1. The summed E-state index contributed by atoms with van der Waals surface area (Å²) in [6.45, 7) is 1.93. The van der Waals surface area contributed by atoms with Gasteiger partial charge in [0.1, 0.15) is 0 Å². The molecule has 2 aliphatic carbocycles. The lowest BCUT2D eigenvalue weighted by Gasteiger charge is -2.18.